The van der Waals surface area contributed by atoms with Crippen molar-refractivity contribution in [3.05, 3.63) is 22.7 Å². The fourth-order valence-corrected chi connectivity index (χ4v) is 2.94. The Morgan fingerprint density at radius 2 is 2.19 bits per heavy atom. The highest BCUT2D eigenvalue weighted by Gasteiger charge is 2.19. The Hall–Kier alpha value is -1.18. The van der Waals surface area contributed by atoms with Crippen molar-refractivity contribution < 1.29 is 8.83 Å². The SMILES string of the molecule is CN(Cc1nnc(-c2ccc(Br)o2)o1)C1CCCNCC1. The number of halogens is 1. The van der Waals surface area contributed by atoms with E-state index >= 15 is 0 Å². The first-order chi connectivity index (χ1) is 10.2. The third kappa shape index (κ3) is 3.72. The molecule has 1 unspecified atom stereocenters. The van der Waals surface area contributed by atoms with Crippen LogP contribution in [0, 0.1) is 0 Å². The van der Waals surface area contributed by atoms with Gasteiger partial charge in [0, 0.05) is 6.04 Å². The van der Waals surface area contributed by atoms with Gasteiger partial charge in [-0.05, 0) is 67.5 Å². The summed E-state index contributed by atoms with van der Waals surface area (Å²) >= 11 is 3.27. The summed E-state index contributed by atoms with van der Waals surface area (Å²) in [6, 6.07) is 4.18. The number of aromatic nitrogens is 2. The maximum Gasteiger partial charge on any atom is 0.283 e. The Labute approximate surface area is 132 Å². The molecule has 114 valence electrons. The van der Waals surface area contributed by atoms with Crippen molar-refractivity contribution in [3.63, 3.8) is 0 Å². The summed E-state index contributed by atoms with van der Waals surface area (Å²) in [6.07, 6.45) is 3.57. The molecule has 21 heavy (non-hydrogen) atoms. The number of nitrogens with one attached hydrogen (secondary N) is 1. The molecule has 1 aliphatic rings. The van der Waals surface area contributed by atoms with Crippen LogP contribution in [0.25, 0.3) is 11.7 Å². The molecule has 1 saturated heterocycles. The molecule has 0 saturated carbocycles. The highest BCUT2D eigenvalue weighted by Crippen LogP contribution is 2.24. The van der Waals surface area contributed by atoms with Crippen LogP contribution < -0.4 is 5.32 Å². The van der Waals surface area contributed by atoms with E-state index in [4.69, 9.17) is 8.83 Å². The molecule has 1 aliphatic heterocycles. The average molecular weight is 355 g/mol. The Balaban J connectivity index is 1.63. The van der Waals surface area contributed by atoms with E-state index < -0.39 is 0 Å². The molecule has 2 aromatic heterocycles. The first-order valence-corrected chi connectivity index (χ1v) is 8.01. The first-order valence-electron chi connectivity index (χ1n) is 7.21. The van der Waals surface area contributed by atoms with Gasteiger partial charge in [0.15, 0.2) is 10.4 Å². The topological polar surface area (TPSA) is 67.3 Å². The fraction of sp³-hybridized carbons (Fsp3) is 0.571. The van der Waals surface area contributed by atoms with Crippen molar-refractivity contribution in [3.8, 4) is 11.7 Å². The molecule has 7 heteroatoms. The molecule has 0 bridgehead atoms. The standard InChI is InChI=1S/C14H19BrN4O2/c1-19(10-3-2-7-16-8-6-10)9-13-17-18-14(21-13)11-4-5-12(15)20-11/h4-5,10,16H,2-3,6-9H2,1H3. The van der Waals surface area contributed by atoms with E-state index in [2.05, 4.69) is 43.4 Å². The summed E-state index contributed by atoms with van der Waals surface area (Å²) in [5, 5.41) is 11.6. The lowest BCUT2D eigenvalue weighted by Gasteiger charge is -2.25. The maximum absolute atomic E-state index is 5.68. The molecule has 2 aromatic rings. The molecule has 0 radical (unpaired) electrons. The fourth-order valence-electron chi connectivity index (χ4n) is 2.63. The number of rotatable bonds is 4. The van der Waals surface area contributed by atoms with E-state index in [0.717, 1.165) is 19.5 Å². The molecule has 0 amide bonds. The summed E-state index contributed by atoms with van der Waals surface area (Å²) in [6.45, 7) is 2.85. The van der Waals surface area contributed by atoms with Crippen LogP contribution in [-0.4, -0.2) is 41.3 Å². The molecule has 0 aliphatic carbocycles. The molecule has 1 N–H and O–H groups in total. The first kappa shape index (κ1) is 14.7. The molecule has 3 rings (SSSR count). The van der Waals surface area contributed by atoms with Crippen molar-refractivity contribution >= 4 is 15.9 Å². The van der Waals surface area contributed by atoms with E-state index in [9.17, 15) is 0 Å². The monoisotopic (exact) mass is 354 g/mol. The molecule has 3 heterocycles. The van der Waals surface area contributed by atoms with Crippen molar-refractivity contribution in [2.75, 3.05) is 20.1 Å². The molecule has 1 atom stereocenters. The Morgan fingerprint density at radius 1 is 1.29 bits per heavy atom. The van der Waals surface area contributed by atoms with E-state index in [-0.39, 0.29) is 0 Å². The summed E-state index contributed by atoms with van der Waals surface area (Å²) in [4.78, 5) is 2.29. The van der Waals surface area contributed by atoms with Gasteiger partial charge in [-0.2, -0.15) is 0 Å². The molecule has 0 spiro atoms. The Bertz CT molecular complexity index is 575. The van der Waals surface area contributed by atoms with E-state index in [0.29, 0.717) is 34.8 Å². The normalized spacial score (nSPS) is 19.9. The van der Waals surface area contributed by atoms with Crippen molar-refractivity contribution in [1.29, 1.82) is 0 Å². The smallest absolute Gasteiger partial charge is 0.283 e. The second-order valence-electron chi connectivity index (χ2n) is 5.35. The van der Waals surface area contributed by atoms with Crippen LogP contribution in [0.5, 0.6) is 0 Å². The summed E-state index contributed by atoms with van der Waals surface area (Å²) in [7, 11) is 2.11. The highest BCUT2D eigenvalue weighted by atomic mass is 79.9. The van der Waals surface area contributed by atoms with Gasteiger partial charge in [-0.3, -0.25) is 4.90 Å². The van der Waals surface area contributed by atoms with Crippen molar-refractivity contribution in [2.45, 2.75) is 31.8 Å². The lowest BCUT2D eigenvalue weighted by atomic mass is 10.1. The summed E-state index contributed by atoms with van der Waals surface area (Å²) in [5.41, 5.74) is 0. The second kappa shape index (κ2) is 6.72. The van der Waals surface area contributed by atoms with Crippen LogP contribution in [0.1, 0.15) is 25.2 Å². The molecule has 6 nitrogen and oxygen atoms in total. The maximum atomic E-state index is 5.68. The lowest BCUT2D eigenvalue weighted by Crippen LogP contribution is -2.32. The van der Waals surface area contributed by atoms with Gasteiger partial charge in [-0.15, -0.1) is 10.2 Å². The van der Waals surface area contributed by atoms with Gasteiger partial charge in [0.1, 0.15) is 0 Å². The quantitative estimate of drug-likeness (QED) is 0.910. The van der Waals surface area contributed by atoms with Crippen molar-refractivity contribution in [1.82, 2.24) is 20.4 Å². The van der Waals surface area contributed by atoms with Gasteiger partial charge in [0.05, 0.1) is 6.54 Å². The van der Waals surface area contributed by atoms with Crippen LogP contribution in [0.4, 0.5) is 0 Å². The minimum atomic E-state index is 0.423. The van der Waals surface area contributed by atoms with Gasteiger partial charge in [-0.1, -0.05) is 0 Å². The molecular weight excluding hydrogens is 336 g/mol. The minimum absolute atomic E-state index is 0.423. The Morgan fingerprint density at radius 3 is 3.00 bits per heavy atom. The van der Waals surface area contributed by atoms with Gasteiger partial charge in [0.2, 0.25) is 5.89 Å². The zero-order valence-electron chi connectivity index (χ0n) is 12.0. The summed E-state index contributed by atoms with van der Waals surface area (Å²) in [5.74, 6) is 1.63. The van der Waals surface area contributed by atoms with Gasteiger partial charge < -0.3 is 14.2 Å². The second-order valence-corrected chi connectivity index (χ2v) is 6.14. The van der Waals surface area contributed by atoms with E-state index in [1.807, 2.05) is 12.1 Å². The zero-order valence-corrected chi connectivity index (χ0v) is 13.6. The highest BCUT2D eigenvalue weighted by molar-refractivity contribution is 9.10. The largest absolute Gasteiger partial charge is 0.444 e. The van der Waals surface area contributed by atoms with E-state index in [1.165, 1.54) is 12.8 Å². The third-order valence-corrected chi connectivity index (χ3v) is 4.23. The van der Waals surface area contributed by atoms with Gasteiger partial charge in [0.25, 0.3) is 5.89 Å². The lowest BCUT2D eigenvalue weighted by molar-refractivity contribution is 0.198. The zero-order chi connectivity index (χ0) is 14.7. The van der Waals surface area contributed by atoms with Crippen LogP contribution in [0.15, 0.2) is 25.6 Å². The van der Waals surface area contributed by atoms with Crippen LogP contribution in [-0.2, 0) is 6.54 Å². The van der Waals surface area contributed by atoms with E-state index in [1.54, 1.807) is 0 Å². The third-order valence-electron chi connectivity index (χ3n) is 3.80. The molecule has 1 fully saturated rings. The number of hydrogen-bond donors (Lipinski definition) is 1. The van der Waals surface area contributed by atoms with Gasteiger partial charge in [-0.25, -0.2) is 0 Å². The average Bonchev–Trinajstić information content (AvgIpc) is 3.00. The molecule has 0 aromatic carbocycles. The summed E-state index contributed by atoms with van der Waals surface area (Å²) < 4.78 is 11.8. The number of furan rings is 1. The van der Waals surface area contributed by atoms with Crippen LogP contribution in [0.3, 0.4) is 0 Å². The van der Waals surface area contributed by atoms with Crippen molar-refractivity contribution in [2.24, 2.45) is 0 Å². The Kier molecular flexibility index (Phi) is 4.72. The molecular formula is C14H19BrN4O2. The predicted molar refractivity (Wildman–Crippen MR) is 81.7 cm³/mol. The van der Waals surface area contributed by atoms with Crippen LogP contribution in [0.2, 0.25) is 0 Å². The number of hydrogen-bond acceptors (Lipinski definition) is 6. The van der Waals surface area contributed by atoms with Crippen LogP contribution >= 0.6 is 15.9 Å². The van der Waals surface area contributed by atoms with Gasteiger partial charge >= 0.3 is 0 Å². The minimum Gasteiger partial charge on any atom is -0.444 e. The number of nitrogens with zero attached hydrogens (tertiary/aromatic N) is 3. The predicted octanol–water partition coefficient (Wildman–Crippen LogP) is 2.67.